The van der Waals surface area contributed by atoms with Crippen LogP contribution in [0.3, 0.4) is 0 Å². The van der Waals surface area contributed by atoms with Gasteiger partial charge in [0.25, 0.3) is 5.69 Å². The third-order valence-corrected chi connectivity index (χ3v) is 7.22. The minimum Gasteiger partial charge on any atom is -0.489 e. The number of ether oxygens (including phenoxy) is 2. The van der Waals surface area contributed by atoms with Gasteiger partial charge in [-0.2, -0.15) is 4.72 Å². The minimum atomic E-state index is -3.92. The molecule has 10 heteroatoms. The summed E-state index contributed by atoms with van der Waals surface area (Å²) < 4.78 is 38.4. The van der Waals surface area contributed by atoms with E-state index in [1.807, 2.05) is 12.1 Å². The lowest BCUT2D eigenvalue weighted by molar-refractivity contribution is -0.385. The molecule has 0 amide bonds. The van der Waals surface area contributed by atoms with E-state index in [-0.39, 0.29) is 23.1 Å². The van der Waals surface area contributed by atoms with E-state index >= 15 is 0 Å². The Morgan fingerprint density at radius 1 is 1.00 bits per heavy atom. The maximum Gasteiger partial charge on any atom is 0.324 e. The fraction of sp³-hybridized carbons (Fsp3) is 0.269. The van der Waals surface area contributed by atoms with Crippen molar-refractivity contribution in [1.82, 2.24) is 4.72 Å². The Morgan fingerprint density at radius 2 is 1.58 bits per heavy atom. The summed E-state index contributed by atoms with van der Waals surface area (Å²) in [7, 11) is -2.71. The number of hydrogen-bond acceptors (Lipinski definition) is 7. The van der Waals surface area contributed by atoms with Crippen molar-refractivity contribution in [2.24, 2.45) is 5.92 Å². The summed E-state index contributed by atoms with van der Waals surface area (Å²) >= 11 is 0. The molecule has 0 aliphatic rings. The molecule has 0 radical (unpaired) electrons. The zero-order valence-electron chi connectivity index (χ0n) is 20.4. The maximum absolute atomic E-state index is 12.8. The SMILES string of the molecule is COC(=O)C(NS(=O)(=O)c1ccc(-c2ccc(OCc3cccc([N+](=O)[O-])c3C)cc2)cc1)C(C)C. The first-order valence-corrected chi connectivity index (χ1v) is 12.7. The highest BCUT2D eigenvalue weighted by molar-refractivity contribution is 7.89. The number of carbonyl (C=O) groups is 1. The van der Waals surface area contributed by atoms with E-state index < -0.39 is 27.0 Å². The fourth-order valence-electron chi connectivity index (χ4n) is 3.57. The lowest BCUT2D eigenvalue weighted by Gasteiger charge is -2.19. The second-order valence-electron chi connectivity index (χ2n) is 8.52. The van der Waals surface area contributed by atoms with Gasteiger partial charge in [0.15, 0.2) is 0 Å². The number of methoxy groups -OCH3 is 1. The molecule has 0 bridgehead atoms. The van der Waals surface area contributed by atoms with Crippen LogP contribution in [0.25, 0.3) is 11.1 Å². The molecule has 0 heterocycles. The van der Waals surface area contributed by atoms with Gasteiger partial charge >= 0.3 is 5.97 Å². The fourth-order valence-corrected chi connectivity index (χ4v) is 4.91. The number of esters is 1. The van der Waals surface area contributed by atoms with Gasteiger partial charge in [0, 0.05) is 11.6 Å². The van der Waals surface area contributed by atoms with Gasteiger partial charge in [-0.25, -0.2) is 8.42 Å². The normalized spacial score (nSPS) is 12.2. The van der Waals surface area contributed by atoms with Crippen molar-refractivity contribution in [1.29, 1.82) is 0 Å². The van der Waals surface area contributed by atoms with E-state index in [1.165, 1.54) is 25.3 Å². The molecule has 0 saturated heterocycles. The van der Waals surface area contributed by atoms with Crippen LogP contribution in [-0.2, 0) is 26.2 Å². The van der Waals surface area contributed by atoms with Crippen molar-refractivity contribution in [2.45, 2.75) is 38.3 Å². The lowest BCUT2D eigenvalue weighted by atomic mass is 10.1. The summed E-state index contributed by atoms with van der Waals surface area (Å²) in [5, 5.41) is 11.1. The number of rotatable bonds is 10. The average Bonchev–Trinajstić information content (AvgIpc) is 2.86. The van der Waals surface area contributed by atoms with Gasteiger partial charge in [-0.1, -0.05) is 50.2 Å². The number of sulfonamides is 1. The van der Waals surface area contributed by atoms with Gasteiger partial charge < -0.3 is 9.47 Å². The second-order valence-corrected chi connectivity index (χ2v) is 10.2. The van der Waals surface area contributed by atoms with Crippen LogP contribution >= 0.6 is 0 Å². The Balaban J connectivity index is 1.69. The summed E-state index contributed by atoms with van der Waals surface area (Å²) in [6, 6.07) is 17.4. The predicted octanol–water partition coefficient (Wildman–Crippen LogP) is 4.63. The third-order valence-electron chi connectivity index (χ3n) is 5.76. The highest BCUT2D eigenvalue weighted by atomic mass is 32.2. The quantitative estimate of drug-likeness (QED) is 0.239. The molecule has 36 heavy (non-hydrogen) atoms. The molecular weight excluding hydrogens is 484 g/mol. The molecule has 0 aromatic heterocycles. The highest BCUT2D eigenvalue weighted by Gasteiger charge is 2.29. The Bertz CT molecular complexity index is 1340. The van der Waals surface area contributed by atoms with Crippen molar-refractivity contribution in [3.63, 3.8) is 0 Å². The van der Waals surface area contributed by atoms with E-state index in [2.05, 4.69) is 4.72 Å². The van der Waals surface area contributed by atoms with Crippen LogP contribution in [0.4, 0.5) is 5.69 Å². The van der Waals surface area contributed by atoms with E-state index in [9.17, 15) is 23.3 Å². The molecule has 1 unspecified atom stereocenters. The topological polar surface area (TPSA) is 125 Å². The maximum atomic E-state index is 12.8. The van der Waals surface area contributed by atoms with Gasteiger partial charge in [0.05, 0.1) is 16.9 Å². The van der Waals surface area contributed by atoms with Crippen LogP contribution < -0.4 is 9.46 Å². The van der Waals surface area contributed by atoms with Crippen LogP contribution in [0.1, 0.15) is 25.0 Å². The number of nitrogens with zero attached hydrogens (tertiary/aromatic N) is 1. The first-order valence-electron chi connectivity index (χ1n) is 11.2. The molecule has 1 atom stereocenters. The average molecular weight is 513 g/mol. The molecule has 0 fully saturated rings. The van der Waals surface area contributed by atoms with E-state index in [4.69, 9.17) is 9.47 Å². The highest BCUT2D eigenvalue weighted by Crippen LogP contribution is 2.26. The molecule has 9 nitrogen and oxygen atoms in total. The number of carbonyl (C=O) groups excluding carboxylic acids is 1. The zero-order chi connectivity index (χ0) is 26.5. The molecule has 3 aromatic rings. The largest absolute Gasteiger partial charge is 0.489 e. The molecule has 190 valence electrons. The summed E-state index contributed by atoms with van der Waals surface area (Å²) in [6.45, 7) is 5.34. The van der Waals surface area contributed by atoms with Crippen molar-refractivity contribution < 1.29 is 27.6 Å². The number of nitro groups is 1. The van der Waals surface area contributed by atoms with Crippen molar-refractivity contribution in [3.8, 4) is 16.9 Å². The molecule has 0 saturated carbocycles. The first-order chi connectivity index (χ1) is 17.0. The Kier molecular flexibility index (Phi) is 8.44. The number of nitrogens with one attached hydrogen (secondary N) is 1. The van der Waals surface area contributed by atoms with E-state index in [0.717, 1.165) is 16.7 Å². The van der Waals surface area contributed by atoms with Gasteiger partial charge in [0.1, 0.15) is 18.4 Å². The number of nitro benzene ring substituents is 1. The molecule has 0 aliphatic carbocycles. The standard InChI is InChI=1S/C26H28N2O7S/c1-17(2)25(26(29)34-4)27-36(32,33)23-14-10-20(11-15-23)19-8-12-22(13-9-19)35-16-21-6-5-7-24(18(21)3)28(30)31/h5-15,17,25,27H,16H2,1-4H3. The van der Waals surface area contributed by atoms with Crippen LogP contribution in [-0.4, -0.2) is 32.5 Å². The summed E-state index contributed by atoms with van der Waals surface area (Å²) in [6.07, 6.45) is 0. The summed E-state index contributed by atoms with van der Waals surface area (Å²) in [5.41, 5.74) is 2.99. The molecule has 3 rings (SSSR count). The number of hydrogen-bond donors (Lipinski definition) is 1. The zero-order valence-corrected chi connectivity index (χ0v) is 21.2. The van der Waals surface area contributed by atoms with Gasteiger partial charge in [-0.15, -0.1) is 0 Å². The molecule has 3 aromatic carbocycles. The monoisotopic (exact) mass is 512 g/mol. The van der Waals surface area contributed by atoms with Crippen LogP contribution in [0.15, 0.2) is 71.6 Å². The van der Waals surface area contributed by atoms with Crippen molar-refractivity contribution in [2.75, 3.05) is 7.11 Å². The van der Waals surface area contributed by atoms with Crippen molar-refractivity contribution in [3.05, 3.63) is 88.0 Å². The van der Waals surface area contributed by atoms with E-state index in [1.54, 1.807) is 57.2 Å². The molecule has 1 N–H and O–H groups in total. The molecular formula is C26H28N2O7S. The van der Waals surface area contributed by atoms with Gasteiger partial charge in [-0.3, -0.25) is 14.9 Å². The Morgan fingerprint density at radius 3 is 2.11 bits per heavy atom. The summed E-state index contributed by atoms with van der Waals surface area (Å²) in [4.78, 5) is 22.7. The summed E-state index contributed by atoms with van der Waals surface area (Å²) in [5.74, 6) is -0.336. The lowest BCUT2D eigenvalue weighted by Crippen LogP contribution is -2.44. The Hall–Kier alpha value is -3.76. The van der Waals surface area contributed by atoms with Gasteiger partial charge in [0.2, 0.25) is 10.0 Å². The first kappa shape index (κ1) is 26.8. The van der Waals surface area contributed by atoms with Crippen LogP contribution in [0.5, 0.6) is 5.75 Å². The molecule has 0 aliphatic heterocycles. The predicted molar refractivity (Wildman–Crippen MR) is 135 cm³/mol. The minimum absolute atomic E-state index is 0.0353. The van der Waals surface area contributed by atoms with Crippen molar-refractivity contribution >= 4 is 21.7 Å². The van der Waals surface area contributed by atoms with E-state index in [0.29, 0.717) is 11.3 Å². The van der Waals surface area contributed by atoms with Crippen LogP contribution in [0, 0.1) is 23.0 Å². The smallest absolute Gasteiger partial charge is 0.324 e. The van der Waals surface area contributed by atoms with Gasteiger partial charge in [-0.05, 0) is 53.8 Å². The second kappa shape index (κ2) is 11.3. The van der Waals surface area contributed by atoms with Crippen LogP contribution in [0.2, 0.25) is 0 Å². The number of benzene rings is 3. The Labute approximate surface area is 210 Å². The third kappa shape index (κ3) is 6.27. The molecule has 0 spiro atoms.